The molecule has 1 aliphatic carbocycles. The summed E-state index contributed by atoms with van der Waals surface area (Å²) in [7, 11) is 1.44. The maximum Gasteiger partial charge on any atom is 0.447 e. The number of ether oxygens (including phenoxy) is 1. The van der Waals surface area contributed by atoms with E-state index in [1.807, 2.05) is 0 Å². The molecule has 1 atom stereocenters. The molecule has 0 radical (unpaired) electrons. The molecule has 0 aromatic carbocycles. The van der Waals surface area contributed by atoms with Gasteiger partial charge in [-0.1, -0.05) is 11.6 Å². The molecule has 156 valence electrons. The van der Waals surface area contributed by atoms with Crippen molar-refractivity contribution in [2.75, 3.05) is 7.11 Å². The van der Waals surface area contributed by atoms with Crippen molar-refractivity contribution in [1.82, 2.24) is 4.90 Å². The number of fused-ring (bicyclic) bond motifs is 1. The van der Waals surface area contributed by atoms with Crippen LogP contribution >= 0.6 is 34.7 Å². The average Bonchev–Trinajstić information content (AvgIpc) is 3.15. The van der Waals surface area contributed by atoms with Gasteiger partial charge in [-0.2, -0.15) is 13.2 Å². The van der Waals surface area contributed by atoms with Crippen LogP contribution in [0.3, 0.4) is 0 Å². The van der Waals surface area contributed by atoms with Crippen LogP contribution in [-0.2, 0) is 9.53 Å². The molecule has 5 nitrogen and oxygen atoms in total. The van der Waals surface area contributed by atoms with E-state index in [0.717, 1.165) is 11.3 Å². The fraction of sp³-hybridized carbons (Fsp3) is 0.333. The van der Waals surface area contributed by atoms with Crippen molar-refractivity contribution < 1.29 is 32.6 Å². The van der Waals surface area contributed by atoms with E-state index < -0.39 is 23.4 Å². The maximum atomic E-state index is 13.1. The molecule has 1 aromatic heterocycles. The average molecular weight is 466 g/mol. The van der Waals surface area contributed by atoms with E-state index in [4.69, 9.17) is 16.3 Å². The molecule has 0 saturated carbocycles. The first kappa shape index (κ1) is 21.8. The number of hydrogen-bond donors (Lipinski definition) is 1. The van der Waals surface area contributed by atoms with E-state index in [1.165, 1.54) is 23.5 Å². The van der Waals surface area contributed by atoms with Crippen molar-refractivity contribution in [3.63, 3.8) is 0 Å². The first-order valence-electron chi connectivity index (χ1n) is 8.25. The van der Waals surface area contributed by atoms with Gasteiger partial charge >= 0.3 is 11.5 Å². The van der Waals surface area contributed by atoms with Crippen molar-refractivity contribution in [2.45, 2.75) is 35.5 Å². The summed E-state index contributed by atoms with van der Waals surface area (Å²) in [5, 5.41) is 11.0. The van der Waals surface area contributed by atoms with Crippen LogP contribution in [0.2, 0.25) is 0 Å². The Balaban J connectivity index is 1.98. The number of amides is 1. The van der Waals surface area contributed by atoms with Gasteiger partial charge in [-0.3, -0.25) is 9.59 Å². The van der Waals surface area contributed by atoms with Crippen LogP contribution in [0.1, 0.15) is 30.1 Å². The molecule has 1 unspecified atom stereocenters. The van der Waals surface area contributed by atoms with Crippen LogP contribution in [0.5, 0.6) is 0 Å². The summed E-state index contributed by atoms with van der Waals surface area (Å²) < 4.78 is 43.0. The summed E-state index contributed by atoms with van der Waals surface area (Å²) in [6.45, 7) is 1.62. The lowest BCUT2D eigenvalue weighted by atomic mass is 9.92. The largest absolute Gasteiger partial charge is 0.496 e. The van der Waals surface area contributed by atoms with E-state index in [9.17, 15) is 27.9 Å². The van der Waals surface area contributed by atoms with Crippen LogP contribution in [0.25, 0.3) is 0 Å². The van der Waals surface area contributed by atoms with Gasteiger partial charge in [-0.25, -0.2) is 0 Å². The minimum absolute atomic E-state index is 0.0496. The Labute approximate surface area is 177 Å². The zero-order valence-corrected chi connectivity index (χ0v) is 17.6. The molecule has 0 saturated heterocycles. The van der Waals surface area contributed by atoms with Gasteiger partial charge in [0.05, 0.1) is 34.4 Å². The number of carboxylic acid groups (broad SMARTS) is 1. The number of allylic oxidation sites excluding steroid dienone is 2. The highest BCUT2D eigenvalue weighted by Gasteiger charge is 2.41. The van der Waals surface area contributed by atoms with E-state index in [-0.39, 0.29) is 34.4 Å². The van der Waals surface area contributed by atoms with E-state index >= 15 is 0 Å². The monoisotopic (exact) mass is 465 g/mol. The SMILES string of the molecule is COC1=C(Cl)CC2C(=C1)C(CC(=O)O)=C(C)N2C(=O)c1csc(SC(F)(F)F)c1. The first-order chi connectivity index (χ1) is 13.5. The molecule has 11 heteroatoms. The summed E-state index contributed by atoms with van der Waals surface area (Å²) in [6.07, 6.45) is 1.53. The lowest BCUT2D eigenvalue weighted by Crippen LogP contribution is -2.37. The van der Waals surface area contributed by atoms with Crippen molar-refractivity contribution in [2.24, 2.45) is 0 Å². The second kappa shape index (κ2) is 8.08. The number of methoxy groups -OCH3 is 1. The number of alkyl halides is 3. The summed E-state index contributed by atoms with van der Waals surface area (Å²) in [5.74, 6) is -1.18. The van der Waals surface area contributed by atoms with E-state index in [0.29, 0.717) is 27.6 Å². The molecule has 3 rings (SSSR count). The lowest BCUT2D eigenvalue weighted by molar-refractivity contribution is -0.136. The van der Waals surface area contributed by atoms with Crippen molar-refractivity contribution in [3.8, 4) is 0 Å². The van der Waals surface area contributed by atoms with Gasteiger partial charge < -0.3 is 14.7 Å². The predicted octanol–water partition coefficient (Wildman–Crippen LogP) is 5.36. The Hall–Kier alpha value is -1.91. The highest BCUT2D eigenvalue weighted by molar-refractivity contribution is 8.01. The van der Waals surface area contributed by atoms with Crippen molar-refractivity contribution >= 4 is 46.6 Å². The highest BCUT2D eigenvalue weighted by atomic mass is 35.5. The standard InChI is InChI=1S/C18H15ClF3NO4S2/c1-8-10(5-15(24)25)11-4-14(27-2)12(19)6-13(11)23(8)17(26)9-3-16(28-7-9)29-18(20,21)22/h3-4,7,13H,5-6H2,1-2H3,(H,24,25). The Bertz CT molecular complexity index is 965. The molecular formula is C18H15ClF3NO4S2. The second-order valence-corrected chi connectivity index (χ2v) is 9.04. The van der Waals surface area contributed by atoms with Crippen LogP contribution in [0.4, 0.5) is 13.2 Å². The van der Waals surface area contributed by atoms with Gasteiger partial charge in [-0.05, 0) is 42.0 Å². The molecule has 1 aliphatic heterocycles. The molecule has 1 amide bonds. The summed E-state index contributed by atoms with van der Waals surface area (Å²) in [4.78, 5) is 25.9. The van der Waals surface area contributed by atoms with Crippen molar-refractivity contribution in [3.05, 3.63) is 50.7 Å². The third-order valence-corrected chi connectivity index (χ3v) is 6.70. The minimum atomic E-state index is -4.45. The van der Waals surface area contributed by atoms with Gasteiger partial charge in [0.1, 0.15) is 5.76 Å². The third-order valence-electron chi connectivity index (χ3n) is 4.55. The molecule has 0 bridgehead atoms. The Morgan fingerprint density at radius 3 is 2.72 bits per heavy atom. The molecular weight excluding hydrogens is 451 g/mol. The Morgan fingerprint density at radius 2 is 2.14 bits per heavy atom. The number of nitrogens with zero attached hydrogens (tertiary/aromatic N) is 1. The zero-order chi connectivity index (χ0) is 21.5. The Morgan fingerprint density at radius 1 is 1.45 bits per heavy atom. The summed E-state index contributed by atoms with van der Waals surface area (Å²) in [5.41, 5.74) is -2.83. The molecule has 1 N–H and O–H groups in total. The summed E-state index contributed by atoms with van der Waals surface area (Å²) >= 11 is 6.80. The number of thiophene rings is 1. The van der Waals surface area contributed by atoms with E-state index in [2.05, 4.69) is 0 Å². The normalized spacial score (nSPS) is 19.4. The topological polar surface area (TPSA) is 66.8 Å². The predicted molar refractivity (Wildman–Crippen MR) is 104 cm³/mol. The number of hydrogen-bond acceptors (Lipinski definition) is 5. The zero-order valence-electron chi connectivity index (χ0n) is 15.2. The van der Waals surface area contributed by atoms with Gasteiger partial charge in [-0.15, -0.1) is 11.3 Å². The smallest absolute Gasteiger partial charge is 0.447 e. The molecule has 0 fully saturated rings. The highest BCUT2D eigenvalue weighted by Crippen LogP contribution is 2.45. The summed E-state index contributed by atoms with van der Waals surface area (Å²) in [6, 6.07) is 0.652. The maximum absolute atomic E-state index is 13.1. The number of carboxylic acids is 1. The molecule has 1 aromatic rings. The number of aliphatic carboxylic acids is 1. The molecule has 2 aliphatic rings. The van der Waals surface area contributed by atoms with Crippen LogP contribution < -0.4 is 0 Å². The molecule has 0 spiro atoms. The molecule has 2 heterocycles. The van der Waals surface area contributed by atoms with E-state index in [1.54, 1.807) is 13.0 Å². The minimum Gasteiger partial charge on any atom is -0.496 e. The van der Waals surface area contributed by atoms with Crippen LogP contribution in [-0.4, -0.2) is 40.5 Å². The van der Waals surface area contributed by atoms with Gasteiger partial charge in [0, 0.05) is 17.5 Å². The number of carbonyl (C=O) groups excluding carboxylic acids is 1. The lowest BCUT2D eigenvalue weighted by Gasteiger charge is -2.29. The molecule has 29 heavy (non-hydrogen) atoms. The van der Waals surface area contributed by atoms with Crippen LogP contribution in [0, 0.1) is 0 Å². The number of rotatable bonds is 5. The number of thioether (sulfide) groups is 1. The Kier molecular flexibility index (Phi) is 6.07. The number of carbonyl (C=O) groups is 2. The quantitative estimate of drug-likeness (QED) is 0.593. The first-order valence-corrected chi connectivity index (χ1v) is 10.3. The second-order valence-electron chi connectivity index (χ2n) is 6.30. The van der Waals surface area contributed by atoms with Gasteiger partial charge in [0.2, 0.25) is 0 Å². The van der Waals surface area contributed by atoms with Gasteiger partial charge in [0.25, 0.3) is 5.91 Å². The van der Waals surface area contributed by atoms with Crippen LogP contribution in [0.15, 0.2) is 49.4 Å². The number of halogens is 4. The fourth-order valence-electron chi connectivity index (χ4n) is 3.38. The van der Waals surface area contributed by atoms with Gasteiger partial charge in [0.15, 0.2) is 0 Å². The third kappa shape index (κ3) is 4.49. The van der Waals surface area contributed by atoms with Crippen molar-refractivity contribution in [1.29, 1.82) is 0 Å². The fourth-order valence-corrected chi connectivity index (χ4v) is 5.30.